The van der Waals surface area contributed by atoms with Gasteiger partial charge >= 0.3 is 0 Å². The zero-order valence-corrected chi connectivity index (χ0v) is 7.70. The lowest BCUT2D eigenvalue weighted by atomic mass is 10.2. The highest BCUT2D eigenvalue weighted by Gasteiger charge is 1.79. The van der Waals surface area contributed by atoms with Crippen molar-refractivity contribution in [1.82, 2.24) is 0 Å². The molecule has 0 fully saturated rings. The molecule has 0 saturated carbocycles. The molecule has 0 radical (unpaired) electrons. The molecule has 0 aromatic rings. The predicted octanol–water partition coefficient (Wildman–Crippen LogP) is 2.84. The van der Waals surface area contributed by atoms with E-state index in [-0.39, 0.29) is 0 Å². The zero-order valence-electron chi connectivity index (χ0n) is 7.70. The lowest BCUT2D eigenvalue weighted by molar-refractivity contribution is 0.863. The van der Waals surface area contributed by atoms with Crippen LogP contribution in [0.15, 0.2) is 0 Å². The molecule has 0 nitrogen and oxygen atoms in total. The van der Waals surface area contributed by atoms with Crippen LogP contribution in [0.3, 0.4) is 0 Å². The van der Waals surface area contributed by atoms with Crippen molar-refractivity contribution < 1.29 is 0 Å². The Hall–Kier alpha value is -0.880. The van der Waals surface area contributed by atoms with Crippen LogP contribution in [0.1, 0.15) is 40.0 Å². The summed E-state index contributed by atoms with van der Waals surface area (Å²) in [6.07, 6.45) is 2.80. The van der Waals surface area contributed by atoms with Crippen molar-refractivity contribution >= 4 is 0 Å². The highest BCUT2D eigenvalue weighted by molar-refractivity contribution is 5.05. The molecule has 0 heteroatoms. The Balaban J connectivity index is 3.36. The highest BCUT2D eigenvalue weighted by Crippen LogP contribution is 1.89. The first-order chi connectivity index (χ1) is 5.27. The topological polar surface area (TPSA) is 0 Å². The molecule has 0 saturated heterocycles. The Morgan fingerprint density at radius 3 is 2.18 bits per heavy atom. The van der Waals surface area contributed by atoms with Gasteiger partial charge in [0.1, 0.15) is 0 Å². The number of unbranched alkanes of at least 4 members (excludes halogenated alkanes) is 1. The predicted molar refractivity (Wildman–Crippen MR) is 49.9 cm³/mol. The number of hydrogen-bond donors (Lipinski definition) is 0. The molecule has 0 N–H and O–H groups in total. The van der Waals surface area contributed by atoms with Gasteiger partial charge in [0.05, 0.1) is 0 Å². The molecule has 0 aliphatic rings. The van der Waals surface area contributed by atoms with Crippen LogP contribution in [-0.4, -0.2) is 0 Å². The van der Waals surface area contributed by atoms with Gasteiger partial charge < -0.3 is 0 Å². The average Bonchev–Trinajstić information content (AvgIpc) is 1.96. The number of rotatable bonds is 1. The first-order valence-corrected chi connectivity index (χ1v) is 4.21. The summed E-state index contributed by atoms with van der Waals surface area (Å²) >= 11 is 0. The van der Waals surface area contributed by atoms with E-state index in [1.165, 1.54) is 0 Å². The maximum absolute atomic E-state index is 3.10. The fourth-order valence-corrected chi connectivity index (χ4v) is 0.615. The van der Waals surface area contributed by atoms with Gasteiger partial charge in [-0.25, -0.2) is 0 Å². The molecule has 0 unspecified atom stereocenters. The van der Waals surface area contributed by atoms with Gasteiger partial charge in [0, 0.05) is 25.2 Å². The zero-order chi connectivity index (χ0) is 8.53. The second kappa shape index (κ2) is 7.23. The van der Waals surface area contributed by atoms with E-state index < -0.39 is 0 Å². The molecule has 0 heterocycles. The summed E-state index contributed by atoms with van der Waals surface area (Å²) in [6, 6.07) is 0. The first kappa shape index (κ1) is 10.1. The van der Waals surface area contributed by atoms with Crippen molar-refractivity contribution in [3.8, 4) is 23.7 Å². The van der Waals surface area contributed by atoms with Crippen LogP contribution in [0.4, 0.5) is 0 Å². The van der Waals surface area contributed by atoms with E-state index in [9.17, 15) is 0 Å². The molecule has 0 aromatic heterocycles. The van der Waals surface area contributed by atoms with Gasteiger partial charge in [0.2, 0.25) is 0 Å². The second-order valence-electron chi connectivity index (χ2n) is 2.68. The second-order valence-corrected chi connectivity index (χ2v) is 2.68. The Morgan fingerprint density at radius 2 is 1.64 bits per heavy atom. The maximum Gasteiger partial charge on any atom is 0.0199 e. The normalized spacial score (nSPS) is 8.00. The van der Waals surface area contributed by atoms with Crippen molar-refractivity contribution in [2.24, 2.45) is 5.92 Å². The lowest BCUT2D eigenvalue weighted by Gasteiger charge is -1.85. The first-order valence-electron chi connectivity index (χ1n) is 4.21. The molecular formula is C11H16. The average molecular weight is 148 g/mol. The van der Waals surface area contributed by atoms with Crippen molar-refractivity contribution in [3.05, 3.63) is 0 Å². The smallest absolute Gasteiger partial charge is 0.0199 e. The van der Waals surface area contributed by atoms with E-state index in [0.717, 1.165) is 19.3 Å². The summed E-state index contributed by atoms with van der Waals surface area (Å²) < 4.78 is 0. The summed E-state index contributed by atoms with van der Waals surface area (Å²) in [5.41, 5.74) is 0. The fraction of sp³-hybridized carbons (Fsp3) is 0.636. The Kier molecular flexibility index (Phi) is 6.65. The Morgan fingerprint density at radius 1 is 1.00 bits per heavy atom. The molecule has 0 rings (SSSR count). The molecule has 0 atom stereocenters. The largest absolute Gasteiger partial charge is 0.104 e. The van der Waals surface area contributed by atoms with Gasteiger partial charge in [-0.3, -0.25) is 0 Å². The Labute approximate surface area is 70.4 Å². The summed E-state index contributed by atoms with van der Waals surface area (Å²) in [5, 5.41) is 0. The molecule has 0 aliphatic heterocycles. The lowest BCUT2D eigenvalue weighted by Crippen LogP contribution is -1.77. The summed E-state index contributed by atoms with van der Waals surface area (Å²) in [7, 11) is 0. The monoisotopic (exact) mass is 148 g/mol. The van der Waals surface area contributed by atoms with E-state index >= 15 is 0 Å². The van der Waals surface area contributed by atoms with Crippen LogP contribution in [0, 0.1) is 29.6 Å². The van der Waals surface area contributed by atoms with Gasteiger partial charge in [-0.2, -0.15) is 0 Å². The molecule has 0 aromatic carbocycles. The van der Waals surface area contributed by atoms with Gasteiger partial charge in [-0.05, 0) is 0 Å². The van der Waals surface area contributed by atoms with E-state index in [4.69, 9.17) is 0 Å². The molecule has 60 valence electrons. The number of hydrogen-bond acceptors (Lipinski definition) is 0. The molecule has 11 heavy (non-hydrogen) atoms. The summed E-state index contributed by atoms with van der Waals surface area (Å²) in [4.78, 5) is 0. The maximum atomic E-state index is 3.10. The quantitative estimate of drug-likeness (QED) is 0.396. The van der Waals surface area contributed by atoms with Crippen molar-refractivity contribution in [2.45, 2.75) is 40.0 Å². The van der Waals surface area contributed by atoms with Gasteiger partial charge in [-0.15, -0.1) is 23.7 Å². The summed E-state index contributed by atoms with van der Waals surface area (Å²) in [6.45, 7) is 6.27. The van der Waals surface area contributed by atoms with Crippen LogP contribution < -0.4 is 0 Å². The van der Waals surface area contributed by atoms with Crippen LogP contribution in [0.25, 0.3) is 0 Å². The SMILES string of the molecule is CCC#CCCC#CC(C)C. The molecule has 0 spiro atoms. The molecule has 0 amide bonds. The highest BCUT2D eigenvalue weighted by atomic mass is 13.8. The van der Waals surface area contributed by atoms with Crippen molar-refractivity contribution in [3.63, 3.8) is 0 Å². The van der Waals surface area contributed by atoms with Gasteiger partial charge in [0.15, 0.2) is 0 Å². The summed E-state index contributed by atoms with van der Waals surface area (Å²) in [5.74, 6) is 12.8. The van der Waals surface area contributed by atoms with E-state index in [0.29, 0.717) is 5.92 Å². The molecular weight excluding hydrogens is 132 g/mol. The Bertz CT molecular complexity index is 190. The van der Waals surface area contributed by atoms with E-state index in [2.05, 4.69) is 44.5 Å². The van der Waals surface area contributed by atoms with Crippen LogP contribution in [-0.2, 0) is 0 Å². The minimum atomic E-state index is 0.495. The third-order valence-corrected chi connectivity index (χ3v) is 1.07. The van der Waals surface area contributed by atoms with E-state index in [1.54, 1.807) is 0 Å². The van der Waals surface area contributed by atoms with Crippen LogP contribution >= 0.6 is 0 Å². The third-order valence-electron chi connectivity index (χ3n) is 1.07. The van der Waals surface area contributed by atoms with Gasteiger partial charge in [0.25, 0.3) is 0 Å². The molecule has 0 bridgehead atoms. The van der Waals surface area contributed by atoms with E-state index in [1.807, 2.05) is 0 Å². The minimum absolute atomic E-state index is 0.495. The van der Waals surface area contributed by atoms with Gasteiger partial charge in [-0.1, -0.05) is 20.8 Å². The van der Waals surface area contributed by atoms with Crippen LogP contribution in [0.2, 0.25) is 0 Å². The third kappa shape index (κ3) is 9.12. The van der Waals surface area contributed by atoms with Crippen molar-refractivity contribution in [1.29, 1.82) is 0 Å². The molecule has 0 aliphatic carbocycles. The fourth-order valence-electron chi connectivity index (χ4n) is 0.615. The minimum Gasteiger partial charge on any atom is -0.104 e. The van der Waals surface area contributed by atoms with Crippen molar-refractivity contribution in [2.75, 3.05) is 0 Å². The standard InChI is InChI=1S/C11H16/c1-4-5-6-7-8-9-10-11(2)3/h11H,4,7-8H2,1-3H3. The van der Waals surface area contributed by atoms with Crippen LogP contribution in [0.5, 0.6) is 0 Å².